The van der Waals surface area contributed by atoms with Gasteiger partial charge < -0.3 is 5.32 Å². The first-order valence-electron chi connectivity index (χ1n) is 7.60. The van der Waals surface area contributed by atoms with E-state index in [0.29, 0.717) is 0 Å². The standard InChI is InChI=1S/C19H21F2NO/c1-19(2,3)15-6-4-5-7-17(15)22-18(23)11-8-13-12-14(20)9-10-16(13)21/h4-7,9-10,12H,8,11H2,1-3H3,(H,22,23). The zero-order valence-electron chi connectivity index (χ0n) is 13.6. The normalized spacial score (nSPS) is 11.3. The van der Waals surface area contributed by atoms with Crippen LogP contribution in [0, 0.1) is 11.6 Å². The molecule has 2 rings (SSSR count). The third kappa shape index (κ3) is 4.62. The van der Waals surface area contributed by atoms with Crippen LogP contribution in [0.3, 0.4) is 0 Å². The molecule has 1 N–H and O–H groups in total. The van der Waals surface area contributed by atoms with Gasteiger partial charge in [0.05, 0.1) is 0 Å². The van der Waals surface area contributed by atoms with E-state index in [1.807, 2.05) is 24.3 Å². The van der Waals surface area contributed by atoms with Crippen LogP contribution in [0.1, 0.15) is 38.3 Å². The Morgan fingerprint density at radius 3 is 2.48 bits per heavy atom. The van der Waals surface area contributed by atoms with Gasteiger partial charge in [0.1, 0.15) is 11.6 Å². The zero-order valence-corrected chi connectivity index (χ0v) is 13.6. The van der Waals surface area contributed by atoms with Crippen LogP contribution in [0.4, 0.5) is 14.5 Å². The van der Waals surface area contributed by atoms with Crippen molar-refractivity contribution in [3.8, 4) is 0 Å². The number of halogens is 2. The molecule has 0 aliphatic rings. The molecule has 2 nitrogen and oxygen atoms in total. The average Bonchev–Trinajstić information content (AvgIpc) is 2.47. The highest BCUT2D eigenvalue weighted by atomic mass is 19.1. The lowest BCUT2D eigenvalue weighted by Crippen LogP contribution is -2.19. The van der Waals surface area contributed by atoms with Gasteiger partial charge in [-0.2, -0.15) is 0 Å². The van der Waals surface area contributed by atoms with E-state index < -0.39 is 11.6 Å². The van der Waals surface area contributed by atoms with E-state index in [0.717, 1.165) is 29.4 Å². The van der Waals surface area contributed by atoms with Gasteiger partial charge in [-0.3, -0.25) is 4.79 Å². The molecule has 122 valence electrons. The van der Waals surface area contributed by atoms with Gasteiger partial charge in [0.15, 0.2) is 0 Å². The number of benzene rings is 2. The second-order valence-electron chi connectivity index (χ2n) is 6.58. The molecular weight excluding hydrogens is 296 g/mol. The summed E-state index contributed by atoms with van der Waals surface area (Å²) in [5.41, 5.74) is 1.90. The van der Waals surface area contributed by atoms with Gasteiger partial charge in [0.25, 0.3) is 0 Å². The first-order valence-corrected chi connectivity index (χ1v) is 7.60. The summed E-state index contributed by atoms with van der Waals surface area (Å²) in [5.74, 6) is -1.21. The van der Waals surface area contributed by atoms with Gasteiger partial charge in [-0.15, -0.1) is 0 Å². The van der Waals surface area contributed by atoms with E-state index in [1.165, 1.54) is 0 Å². The average molecular weight is 317 g/mol. The molecule has 2 aromatic rings. The van der Waals surface area contributed by atoms with E-state index in [1.54, 1.807) is 0 Å². The van der Waals surface area contributed by atoms with Crippen LogP contribution in [0.25, 0.3) is 0 Å². The van der Waals surface area contributed by atoms with E-state index in [9.17, 15) is 13.6 Å². The molecule has 0 saturated heterocycles. The first-order chi connectivity index (χ1) is 10.8. The van der Waals surface area contributed by atoms with Crippen molar-refractivity contribution >= 4 is 11.6 Å². The summed E-state index contributed by atoms with van der Waals surface area (Å²) in [4.78, 5) is 12.1. The molecule has 0 heterocycles. The van der Waals surface area contributed by atoms with Gasteiger partial charge in [-0.25, -0.2) is 8.78 Å². The van der Waals surface area contributed by atoms with Gasteiger partial charge in [0.2, 0.25) is 5.91 Å². The van der Waals surface area contributed by atoms with Crippen molar-refractivity contribution in [1.29, 1.82) is 0 Å². The minimum Gasteiger partial charge on any atom is -0.326 e. The van der Waals surface area contributed by atoms with Crippen LogP contribution in [0.5, 0.6) is 0 Å². The minimum absolute atomic E-state index is 0.0961. The number of carbonyl (C=O) groups is 1. The second kappa shape index (κ2) is 6.90. The summed E-state index contributed by atoms with van der Waals surface area (Å²) in [6, 6.07) is 10.9. The SMILES string of the molecule is CC(C)(C)c1ccccc1NC(=O)CCc1cc(F)ccc1F. The van der Waals surface area contributed by atoms with Crippen LogP contribution in [-0.2, 0) is 16.6 Å². The monoisotopic (exact) mass is 317 g/mol. The van der Waals surface area contributed by atoms with Crippen LogP contribution < -0.4 is 5.32 Å². The number of hydrogen-bond donors (Lipinski definition) is 1. The predicted molar refractivity (Wildman–Crippen MR) is 88.5 cm³/mol. The summed E-state index contributed by atoms with van der Waals surface area (Å²) in [6.07, 6.45) is 0.256. The molecular formula is C19H21F2NO. The highest BCUT2D eigenvalue weighted by Crippen LogP contribution is 2.29. The Hall–Kier alpha value is -2.23. The Balaban J connectivity index is 2.05. The summed E-state index contributed by atoms with van der Waals surface area (Å²) in [7, 11) is 0. The van der Waals surface area contributed by atoms with Crippen molar-refractivity contribution in [1.82, 2.24) is 0 Å². The summed E-state index contributed by atoms with van der Waals surface area (Å²) in [6.45, 7) is 6.21. The van der Waals surface area contributed by atoms with Crippen molar-refractivity contribution in [3.63, 3.8) is 0 Å². The molecule has 0 bridgehead atoms. The Morgan fingerprint density at radius 2 is 1.78 bits per heavy atom. The molecule has 0 radical (unpaired) electrons. The third-order valence-corrected chi connectivity index (χ3v) is 3.64. The van der Waals surface area contributed by atoms with E-state index in [2.05, 4.69) is 26.1 Å². The molecule has 0 fully saturated rings. The third-order valence-electron chi connectivity index (χ3n) is 3.64. The quantitative estimate of drug-likeness (QED) is 0.859. The maximum atomic E-state index is 13.6. The largest absolute Gasteiger partial charge is 0.326 e. The van der Waals surface area contributed by atoms with Crippen LogP contribution in [0.15, 0.2) is 42.5 Å². The number of aryl methyl sites for hydroxylation is 1. The van der Waals surface area contributed by atoms with Crippen molar-refractivity contribution in [3.05, 3.63) is 65.2 Å². The lowest BCUT2D eigenvalue weighted by Gasteiger charge is -2.23. The van der Waals surface area contributed by atoms with E-state index >= 15 is 0 Å². The summed E-state index contributed by atoms with van der Waals surface area (Å²) >= 11 is 0. The minimum atomic E-state index is -0.500. The van der Waals surface area contributed by atoms with Crippen LogP contribution >= 0.6 is 0 Å². The van der Waals surface area contributed by atoms with Crippen LogP contribution in [0.2, 0.25) is 0 Å². The van der Waals surface area contributed by atoms with Crippen LogP contribution in [-0.4, -0.2) is 5.91 Å². The van der Waals surface area contributed by atoms with Gasteiger partial charge in [0, 0.05) is 12.1 Å². The fourth-order valence-electron chi connectivity index (χ4n) is 2.44. The molecule has 0 spiro atoms. The molecule has 4 heteroatoms. The zero-order chi connectivity index (χ0) is 17.0. The molecule has 0 atom stereocenters. The molecule has 1 amide bonds. The van der Waals surface area contributed by atoms with Gasteiger partial charge >= 0.3 is 0 Å². The molecule has 0 saturated carbocycles. The Morgan fingerprint density at radius 1 is 1.09 bits per heavy atom. The molecule has 0 aromatic heterocycles. The topological polar surface area (TPSA) is 29.1 Å². The van der Waals surface area contributed by atoms with Gasteiger partial charge in [-0.1, -0.05) is 39.0 Å². The van der Waals surface area contributed by atoms with E-state index in [4.69, 9.17) is 0 Å². The van der Waals surface area contributed by atoms with Gasteiger partial charge in [-0.05, 0) is 47.2 Å². The first kappa shape index (κ1) is 17.1. The number of carbonyl (C=O) groups excluding carboxylic acids is 1. The molecule has 2 aromatic carbocycles. The number of hydrogen-bond acceptors (Lipinski definition) is 1. The van der Waals surface area contributed by atoms with Crippen molar-refractivity contribution in [2.75, 3.05) is 5.32 Å². The highest BCUT2D eigenvalue weighted by Gasteiger charge is 2.18. The number of amides is 1. The Labute approximate surface area is 135 Å². The number of rotatable bonds is 4. The van der Waals surface area contributed by atoms with E-state index in [-0.39, 0.29) is 29.7 Å². The number of anilines is 1. The highest BCUT2D eigenvalue weighted by molar-refractivity contribution is 5.91. The van der Waals surface area contributed by atoms with Crippen molar-refractivity contribution in [2.45, 2.75) is 39.0 Å². The Kier molecular flexibility index (Phi) is 5.14. The molecule has 0 aliphatic heterocycles. The van der Waals surface area contributed by atoms with Crippen molar-refractivity contribution < 1.29 is 13.6 Å². The second-order valence-corrected chi connectivity index (χ2v) is 6.58. The lowest BCUT2D eigenvalue weighted by atomic mass is 9.86. The molecule has 0 aliphatic carbocycles. The fourth-order valence-corrected chi connectivity index (χ4v) is 2.44. The maximum absolute atomic E-state index is 13.6. The molecule has 0 unspecified atom stereocenters. The smallest absolute Gasteiger partial charge is 0.224 e. The Bertz CT molecular complexity index is 705. The summed E-state index contributed by atoms with van der Waals surface area (Å²) in [5, 5.41) is 2.87. The lowest BCUT2D eigenvalue weighted by molar-refractivity contribution is -0.116. The molecule has 23 heavy (non-hydrogen) atoms. The summed E-state index contributed by atoms with van der Waals surface area (Å²) < 4.78 is 26.7. The number of nitrogens with one attached hydrogen (secondary N) is 1. The fraction of sp³-hybridized carbons (Fsp3) is 0.316. The predicted octanol–water partition coefficient (Wildman–Crippen LogP) is 4.83. The maximum Gasteiger partial charge on any atom is 0.224 e. The number of para-hydroxylation sites is 1. The van der Waals surface area contributed by atoms with Crippen molar-refractivity contribution in [2.24, 2.45) is 0 Å².